The number of rotatable bonds is 0. The second-order valence-corrected chi connectivity index (χ2v) is 8.50. The molecule has 8 N–H and O–H groups in total. The molecule has 0 aliphatic rings. The zero-order valence-corrected chi connectivity index (χ0v) is 9.75. The van der Waals surface area contributed by atoms with Gasteiger partial charge in [-0.05, 0) is 0 Å². The third-order valence-corrected chi connectivity index (χ3v) is 0. The fraction of sp³-hybridized carbons (Fsp3) is 0. The Morgan fingerprint density at radius 1 is 0.750 bits per heavy atom. The van der Waals surface area contributed by atoms with Crippen molar-refractivity contribution in [3.05, 3.63) is 0 Å². The van der Waals surface area contributed by atoms with E-state index in [-0.39, 0.29) is 0 Å². The molecule has 8 heavy (non-hydrogen) atoms. The van der Waals surface area contributed by atoms with Crippen LogP contribution in [0.2, 0.25) is 0 Å². The average molecular weight is 525 g/mol. The van der Waals surface area contributed by atoms with Crippen LogP contribution >= 0.6 is 18.8 Å². The van der Waals surface area contributed by atoms with Crippen LogP contribution in [0.1, 0.15) is 0 Å². The molecule has 0 saturated heterocycles. The van der Waals surface area contributed by atoms with E-state index in [9.17, 15) is 0 Å². The summed E-state index contributed by atoms with van der Waals surface area (Å²) in [6.07, 6.45) is 0. The Labute approximate surface area is 69.0 Å². The first-order valence-corrected chi connectivity index (χ1v) is 11.8. The van der Waals surface area contributed by atoms with Crippen LogP contribution in [-0.4, -0.2) is 0 Å². The summed E-state index contributed by atoms with van der Waals surface area (Å²) in [5, 5.41) is 0. The van der Waals surface area contributed by atoms with Crippen LogP contribution in [0.4, 0.5) is 0 Å². The molecule has 0 amide bonds. The summed E-state index contributed by atoms with van der Waals surface area (Å²) in [5.74, 6) is 0. The van der Waals surface area contributed by atoms with Gasteiger partial charge in [0.05, 0.1) is 0 Å². The molecular weight excluding hydrogens is 517 g/mol. The summed E-state index contributed by atoms with van der Waals surface area (Å²) in [5.41, 5.74) is 0. The Kier molecular flexibility index (Phi) is 13.7. The molecule has 0 aromatic carbocycles. The van der Waals surface area contributed by atoms with Crippen LogP contribution in [0.25, 0.3) is 0 Å². The number of nitrogens with two attached hydrogens (primary N) is 4. The van der Waals surface area contributed by atoms with Crippen molar-refractivity contribution in [3.63, 3.8) is 0 Å². The molecular formula is H8Cl2N4Pt2. The van der Waals surface area contributed by atoms with Crippen molar-refractivity contribution in [2.75, 3.05) is 0 Å². The van der Waals surface area contributed by atoms with Gasteiger partial charge in [-0.3, -0.25) is 0 Å². The van der Waals surface area contributed by atoms with Gasteiger partial charge in [-0.2, -0.15) is 0 Å². The molecule has 0 aromatic rings. The van der Waals surface area contributed by atoms with Gasteiger partial charge in [0.1, 0.15) is 0 Å². The predicted octanol–water partition coefficient (Wildman–Crippen LogP) is -0.988. The minimum atomic E-state index is -1.80. The van der Waals surface area contributed by atoms with Crippen LogP contribution in [0.5, 0.6) is 0 Å². The van der Waals surface area contributed by atoms with Gasteiger partial charge in [0, 0.05) is 0 Å². The summed E-state index contributed by atoms with van der Waals surface area (Å²) < 4.78 is 19.2. The Bertz CT molecular complexity index is 27.5. The molecule has 0 spiro atoms. The Morgan fingerprint density at radius 2 is 0.750 bits per heavy atom. The topological polar surface area (TPSA) is 104 Å². The van der Waals surface area contributed by atoms with Crippen molar-refractivity contribution in [1.29, 1.82) is 0 Å². The monoisotopic (exact) mass is 524 g/mol. The molecule has 0 radical (unpaired) electrons. The molecule has 0 aliphatic carbocycles. The van der Waals surface area contributed by atoms with Gasteiger partial charge in [-0.25, -0.2) is 0 Å². The first-order chi connectivity index (χ1) is 3.46. The maximum atomic E-state index is 4.99. The van der Waals surface area contributed by atoms with Gasteiger partial charge in [-0.1, -0.05) is 0 Å². The zero-order chi connectivity index (χ0) is 7.15. The minimum absolute atomic E-state index is 1.80. The Hall–Kier alpha value is 1.80. The third-order valence-electron chi connectivity index (χ3n) is 0. The summed E-state index contributed by atoms with van der Waals surface area (Å²) in [4.78, 5) is 0. The summed E-state index contributed by atoms with van der Waals surface area (Å²) in [6.45, 7) is 0. The van der Waals surface area contributed by atoms with E-state index in [1.54, 1.807) is 0 Å². The van der Waals surface area contributed by atoms with Gasteiger partial charge < -0.3 is 0 Å². The summed E-state index contributed by atoms with van der Waals surface area (Å²) in [6, 6.07) is 0. The van der Waals surface area contributed by atoms with Crippen LogP contribution in [-0.2, 0) is 33.5 Å². The molecule has 0 atom stereocenters. The van der Waals surface area contributed by atoms with E-state index < -0.39 is 33.5 Å². The zero-order valence-electron chi connectivity index (χ0n) is 3.70. The van der Waals surface area contributed by atoms with Crippen LogP contribution in [0.3, 0.4) is 0 Å². The third kappa shape index (κ3) is 112. The quantitative estimate of drug-likeness (QED) is 0.327. The van der Waals surface area contributed by atoms with Crippen LogP contribution in [0.15, 0.2) is 0 Å². The van der Waals surface area contributed by atoms with Gasteiger partial charge >= 0.3 is 69.5 Å². The fourth-order valence-electron chi connectivity index (χ4n) is 0. The number of hydrogen-bond donors (Lipinski definition) is 4. The number of halogens is 2. The van der Waals surface area contributed by atoms with Crippen LogP contribution in [0, 0.1) is 0 Å². The van der Waals surface area contributed by atoms with Crippen molar-refractivity contribution in [2.24, 2.45) is 17.2 Å². The molecule has 0 heterocycles. The molecule has 0 aliphatic heterocycles. The van der Waals surface area contributed by atoms with E-state index in [2.05, 4.69) is 0 Å². The Morgan fingerprint density at radius 3 is 0.750 bits per heavy atom. The SMILES string of the molecule is [NH2][Pt]([NH2])[Cl].[NH2][Pt]([NH2])[Cl]. The molecule has 62 valence electrons. The second-order valence-electron chi connectivity index (χ2n) is 0.487. The maximum absolute atomic E-state index is 4.99. The van der Waals surface area contributed by atoms with E-state index in [4.69, 9.17) is 36.0 Å². The summed E-state index contributed by atoms with van der Waals surface area (Å²) >= 11 is -3.59. The molecule has 0 rings (SSSR count). The number of hydrogen-bond acceptors (Lipinski definition) is 4. The van der Waals surface area contributed by atoms with E-state index in [0.717, 1.165) is 0 Å². The fourth-order valence-corrected chi connectivity index (χ4v) is 0. The van der Waals surface area contributed by atoms with E-state index >= 15 is 0 Å². The standard InChI is InChI=1S/2ClH.4H2N.2Pt/h2*1H;4*1H2;;/q;;4*-1;2*+3/p-2. The van der Waals surface area contributed by atoms with Crippen molar-refractivity contribution < 1.29 is 33.5 Å². The first kappa shape index (κ1) is 12.5. The van der Waals surface area contributed by atoms with Gasteiger partial charge in [-0.15, -0.1) is 0 Å². The van der Waals surface area contributed by atoms with Crippen molar-refractivity contribution in [3.8, 4) is 0 Å². The normalized spacial score (nSPS) is 11.2. The van der Waals surface area contributed by atoms with E-state index in [0.29, 0.717) is 0 Å². The molecule has 0 aromatic heterocycles. The molecule has 0 saturated carbocycles. The Balaban J connectivity index is 0. The second kappa shape index (κ2) is 8.80. The van der Waals surface area contributed by atoms with Gasteiger partial charge in [0.25, 0.3) is 0 Å². The van der Waals surface area contributed by atoms with E-state index in [1.807, 2.05) is 0 Å². The average Bonchev–Trinajstić information content (AvgIpc) is 1.25. The van der Waals surface area contributed by atoms with Gasteiger partial charge in [0.2, 0.25) is 0 Å². The van der Waals surface area contributed by atoms with Crippen LogP contribution < -0.4 is 17.2 Å². The molecule has 8 heteroatoms. The predicted molar refractivity (Wildman–Crippen MR) is 28.5 cm³/mol. The molecule has 4 nitrogen and oxygen atoms in total. The summed E-state index contributed by atoms with van der Waals surface area (Å²) in [7, 11) is 9.98. The first-order valence-electron chi connectivity index (χ1n) is 0.969. The van der Waals surface area contributed by atoms with Crippen molar-refractivity contribution in [2.45, 2.75) is 0 Å². The van der Waals surface area contributed by atoms with Crippen molar-refractivity contribution >= 4 is 18.8 Å². The van der Waals surface area contributed by atoms with Crippen molar-refractivity contribution in [1.82, 2.24) is 0 Å². The molecule has 0 bridgehead atoms. The molecule has 0 fully saturated rings. The molecule has 0 unspecified atom stereocenters. The van der Waals surface area contributed by atoms with Gasteiger partial charge in [0.15, 0.2) is 0 Å². The van der Waals surface area contributed by atoms with E-state index in [1.165, 1.54) is 0 Å².